The van der Waals surface area contributed by atoms with Crippen molar-refractivity contribution in [1.29, 1.82) is 5.26 Å². The first-order valence-corrected chi connectivity index (χ1v) is 6.63. The van der Waals surface area contributed by atoms with E-state index in [0.29, 0.717) is 18.0 Å². The molecular formula is C13H11BrClN3. The average Bonchev–Trinajstić information content (AvgIpc) is 2.35. The third kappa shape index (κ3) is 2.74. The van der Waals surface area contributed by atoms with Crippen molar-refractivity contribution >= 4 is 44.3 Å². The number of hydrogen-bond acceptors (Lipinski definition) is 3. The molecule has 0 atom stereocenters. The highest BCUT2D eigenvalue weighted by Gasteiger charge is 2.07. The van der Waals surface area contributed by atoms with Crippen LogP contribution in [0.15, 0.2) is 28.7 Å². The maximum Gasteiger partial charge on any atom is 0.129 e. The number of benzene rings is 1. The van der Waals surface area contributed by atoms with E-state index >= 15 is 0 Å². The predicted molar refractivity (Wildman–Crippen MR) is 78.0 cm³/mol. The van der Waals surface area contributed by atoms with Crippen molar-refractivity contribution in [2.75, 3.05) is 18.5 Å². The number of fused-ring (bicyclic) bond motifs is 1. The van der Waals surface area contributed by atoms with Crippen LogP contribution >= 0.6 is 27.5 Å². The number of aromatic nitrogens is 1. The number of halogens is 2. The van der Waals surface area contributed by atoms with E-state index in [0.717, 1.165) is 21.2 Å². The molecule has 1 heterocycles. The van der Waals surface area contributed by atoms with Crippen LogP contribution in [0.1, 0.15) is 6.42 Å². The minimum Gasteiger partial charge on any atom is -0.359 e. The van der Waals surface area contributed by atoms with Gasteiger partial charge in [0.15, 0.2) is 0 Å². The smallest absolute Gasteiger partial charge is 0.129 e. The van der Waals surface area contributed by atoms with Crippen LogP contribution in [0, 0.1) is 11.3 Å². The van der Waals surface area contributed by atoms with Gasteiger partial charge in [-0.05, 0) is 24.3 Å². The van der Waals surface area contributed by atoms with Crippen molar-refractivity contribution in [3.05, 3.63) is 33.8 Å². The zero-order valence-corrected chi connectivity index (χ0v) is 12.2. The summed E-state index contributed by atoms with van der Waals surface area (Å²) < 4.78 is 0.937. The van der Waals surface area contributed by atoms with Gasteiger partial charge < -0.3 is 4.90 Å². The molecule has 0 unspecified atom stereocenters. The van der Waals surface area contributed by atoms with Crippen LogP contribution in [-0.2, 0) is 0 Å². The molecule has 0 aliphatic heterocycles. The Morgan fingerprint density at radius 2 is 2.22 bits per heavy atom. The fourth-order valence-electron chi connectivity index (χ4n) is 1.69. The van der Waals surface area contributed by atoms with Crippen molar-refractivity contribution in [3.63, 3.8) is 0 Å². The maximum atomic E-state index is 8.59. The quantitative estimate of drug-likeness (QED) is 0.856. The number of anilines is 1. The van der Waals surface area contributed by atoms with Crippen LogP contribution in [0.4, 0.5) is 5.82 Å². The molecule has 1 aromatic heterocycles. The van der Waals surface area contributed by atoms with Crippen molar-refractivity contribution in [2.45, 2.75) is 6.42 Å². The van der Waals surface area contributed by atoms with Gasteiger partial charge in [-0.1, -0.05) is 27.5 Å². The Bertz CT molecular complexity index is 621. The molecule has 0 saturated heterocycles. The van der Waals surface area contributed by atoms with Gasteiger partial charge in [-0.15, -0.1) is 0 Å². The fraction of sp³-hybridized carbons (Fsp3) is 0.231. The van der Waals surface area contributed by atoms with Gasteiger partial charge in [-0.2, -0.15) is 5.26 Å². The second-order valence-electron chi connectivity index (χ2n) is 3.96. The molecule has 0 aliphatic rings. The highest BCUT2D eigenvalue weighted by molar-refractivity contribution is 9.10. The number of hydrogen-bond donors (Lipinski definition) is 0. The lowest BCUT2D eigenvalue weighted by Crippen LogP contribution is -2.19. The summed E-state index contributed by atoms with van der Waals surface area (Å²) in [5, 5.41) is 10.2. The molecule has 0 amide bonds. The molecule has 0 spiro atoms. The highest BCUT2D eigenvalue weighted by Crippen LogP contribution is 2.28. The van der Waals surface area contributed by atoms with Crippen LogP contribution in [0.2, 0.25) is 5.02 Å². The summed E-state index contributed by atoms with van der Waals surface area (Å²) in [6, 6.07) is 9.85. The standard InChI is InChI=1S/C13H11BrClN3/c1-18(6-2-5-16)12-4-3-9-7-10(14)8-11(15)13(9)17-12/h3-4,7-8H,2,6H2,1H3. The predicted octanol–water partition coefficient (Wildman–Crippen LogP) is 4.00. The van der Waals surface area contributed by atoms with Gasteiger partial charge in [-0.3, -0.25) is 0 Å². The zero-order valence-electron chi connectivity index (χ0n) is 9.82. The second kappa shape index (κ2) is 5.55. The fourth-order valence-corrected chi connectivity index (χ4v) is 2.57. The minimum atomic E-state index is 0.476. The van der Waals surface area contributed by atoms with Crippen LogP contribution in [0.5, 0.6) is 0 Å². The summed E-state index contributed by atoms with van der Waals surface area (Å²) in [5.74, 6) is 0.821. The molecule has 1 aromatic carbocycles. The third-order valence-electron chi connectivity index (χ3n) is 2.65. The number of pyridine rings is 1. The van der Waals surface area contributed by atoms with Gasteiger partial charge in [0.1, 0.15) is 5.82 Å². The lowest BCUT2D eigenvalue weighted by atomic mass is 10.2. The van der Waals surface area contributed by atoms with Crippen molar-refractivity contribution in [2.24, 2.45) is 0 Å². The molecule has 0 saturated carbocycles. The molecule has 0 fully saturated rings. The largest absolute Gasteiger partial charge is 0.359 e. The summed E-state index contributed by atoms with van der Waals surface area (Å²) in [6.45, 7) is 0.656. The summed E-state index contributed by atoms with van der Waals surface area (Å²) in [5.41, 5.74) is 0.779. The molecule has 2 rings (SSSR count). The molecule has 92 valence electrons. The van der Waals surface area contributed by atoms with Crippen molar-refractivity contribution in [3.8, 4) is 6.07 Å². The molecule has 18 heavy (non-hydrogen) atoms. The number of nitrogens with zero attached hydrogens (tertiary/aromatic N) is 3. The van der Waals surface area contributed by atoms with E-state index in [9.17, 15) is 0 Å². The zero-order chi connectivity index (χ0) is 13.1. The van der Waals surface area contributed by atoms with Gasteiger partial charge in [0.25, 0.3) is 0 Å². The first kappa shape index (κ1) is 13.1. The van der Waals surface area contributed by atoms with Gasteiger partial charge in [-0.25, -0.2) is 4.98 Å². The first-order chi connectivity index (χ1) is 8.61. The van der Waals surface area contributed by atoms with E-state index < -0.39 is 0 Å². The van der Waals surface area contributed by atoms with Crippen LogP contribution in [0.25, 0.3) is 10.9 Å². The summed E-state index contributed by atoms with van der Waals surface area (Å²) in [6.07, 6.45) is 0.476. The van der Waals surface area contributed by atoms with E-state index in [1.54, 1.807) is 0 Å². The Morgan fingerprint density at radius 1 is 1.44 bits per heavy atom. The Balaban J connectivity index is 2.41. The minimum absolute atomic E-state index is 0.476. The number of nitriles is 1. The van der Waals surface area contributed by atoms with Crippen molar-refractivity contribution < 1.29 is 0 Å². The van der Waals surface area contributed by atoms with Crippen LogP contribution in [0.3, 0.4) is 0 Å². The lowest BCUT2D eigenvalue weighted by Gasteiger charge is -2.17. The molecule has 3 nitrogen and oxygen atoms in total. The molecular weight excluding hydrogens is 314 g/mol. The normalized spacial score (nSPS) is 10.3. The van der Waals surface area contributed by atoms with Gasteiger partial charge in [0.2, 0.25) is 0 Å². The summed E-state index contributed by atoms with van der Waals surface area (Å²) in [4.78, 5) is 6.48. The molecule has 0 radical (unpaired) electrons. The first-order valence-electron chi connectivity index (χ1n) is 5.45. The monoisotopic (exact) mass is 323 g/mol. The molecule has 0 aliphatic carbocycles. The van der Waals surface area contributed by atoms with Gasteiger partial charge >= 0.3 is 0 Å². The van der Waals surface area contributed by atoms with E-state index in [1.165, 1.54) is 0 Å². The van der Waals surface area contributed by atoms with Gasteiger partial charge in [0.05, 0.1) is 23.0 Å². The van der Waals surface area contributed by atoms with Crippen LogP contribution in [-0.4, -0.2) is 18.6 Å². The summed E-state index contributed by atoms with van der Waals surface area (Å²) in [7, 11) is 1.91. The molecule has 0 bridgehead atoms. The lowest BCUT2D eigenvalue weighted by molar-refractivity contribution is 0.889. The number of rotatable bonds is 3. The van der Waals surface area contributed by atoms with Gasteiger partial charge in [0, 0.05) is 23.5 Å². The summed E-state index contributed by atoms with van der Waals surface area (Å²) >= 11 is 9.59. The average molecular weight is 325 g/mol. The SMILES string of the molecule is CN(CCC#N)c1ccc2cc(Br)cc(Cl)c2n1. The second-order valence-corrected chi connectivity index (χ2v) is 5.28. The van der Waals surface area contributed by atoms with E-state index in [-0.39, 0.29) is 0 Å². The highest BCUT2D eigenvalue weighted by atomic mass is 79.9. The van der Waals surface area contributed by atoms with E-state index in [2.05, 4.69) is 27.0 Å². The Kier molecular flexibility index (Phi) is 4.05. The Labute approximate surface area is 119 Å². The van der Waals surface area contributed by atoms with Crippen LogP contribution < -0.4 is 4.90 Å². The Hall–Kier alpha value is -1.31. The Morgan fingerprint density at radius 3 is 2.94 bits per heavy atom. The topological polar surface area (TPSA) is 39.9 Å². The maximum absolute atomic E-state index is 8.59. The molecule has 5 heteroatoms. The van der Waals surface area contributed by atoms with E-state index in [4.69, 9.17) is 16.9 Å². The third-order valence-corrected chi connectivity index (χ3v) is 3.39. The molecule has 2 aromatic rings. The molecule has 0 N–H and O–H groups in total. The van der Waals surface area contributed by atoms with E-state index in [1.807, 2.05) is 36.2 Å². The van der Waals surface area contributed by atoms with Crippen molar-refractivity contribution in [1.82, 2.24) is 4.98 Å².